The van der Waals surface area contributed by atoms with Crippen molar-refractivity contribution < 1.29 is 4.39 Å². The van der Waals surface area contributed by atoms with Crippen molar-refractivity contribution in [3.8, 4) is 0 Å². The van der Waals surface area contributed by atoms with Gasteiger partial charge in [0.25, 0.3) is 0 Å². The van der Waals surface area contributed by atoms with Gasteiger partial charge in [0, 0.05) is 23.4 Å². The molecule has 4 nitrogen and oxygen atoms in total. The fourth-order valence-electron chi connectivity index (χ4n) is 2.83. The lowest BCUT2D eigenvalue weighted by Gasteiger charge is -2.12. The molecule has 4 rings (SSSR count). The number of rotatable bonds is 7. The Morgan fingerprint density at radius 1 is 0.889 bits per heavy atom. The molecule has 0 aliphatic heterocycles. The van der Waals surface area contributed by atoms with E-state index in [0.717, 1.165) is 35.2 Å². The third-order valence-electron chi connectivity index (χ3n) is 4.21. The standard InChI is InChI=1S/C21H19FN4S/c22-16-9-7-15(8-10-16)14-24-20-18-5-1-2-6-19(18)25-21(26-20)23-12-11-17-4-3-13-27-17/h1-10,13H,11-12,14H2,(H2,23,24,25,26). The average molecular weight is 378 g/mol. The molecule has 0 unspecified atom stereocenters. The summed E-state index contributed by atoms with van der Waals surface area (Å²) in [6.07, 6.45) is 0.937. The van der Waals surface area contributed by atoms with Crippen molar-refractivity contribution in [1.82, 2.24) is 9.97 Å². The molecule has 0 fully saturated rings. The van der Waals surface area contributed by atoms with Crippen LogP contribution in [0, 0.1) is 5.82 Å². The van der Waals surface area contributed by atoms with E-state index in [2.05, 4.69) is 38.1 Å². The van der Waals surface area contributed by atoms with Gasteiger partial charge in [0.1, 0.15) is 11.6 Å². The summed E-state index contributed by atoms with van der Waals surface area (Å²) in [5, 5.41) is 9.72. The van der Waals surface area contributed by atoms with Crippen LogP contribution in [0.3, 0.4) is 0 Å². The number of hydrogen-bond acceptors (Lipinski definition) is 5. The largest absolute Gasteiger partial charge is 0.365 e. The average Bonchev–Trinajstić information content (AvgIpc) is 3.21. The minimum absolute atomic E-state index is 0.233. The Kier molecular flexibility index (Phi) is 5.25. The predicted molar refractivity (Wildman–Crippen MR) is 110 cm³/mol. The molecule has 2 aromatic carbocycles. The molecule has 136 valence electrons. The van der Waals surface area contributed by atoms with E-state index in [4.69, 9.17) is 0 Å². The molecule has 0 saturated carbocycles. The van der Waals surface area contributed by atoms with Gasteiger partial charge in [-0.1, -0.05) is 30.3 Å². The molecule has 4 aromatic rings. The van der Waals surface area contributed by atoms with Gasteiger partial charge >= 0.3 is 0 Å². The first kappa shape index (κ1) is 17.4. The van der Waals surface area contributed by atoms with Crippen molar-refractivity contribution in [2.75, 3.05) is 17.2 Å². The molecule has 0 bridgehead atoms. The Labute approximate surface area is 161 Å². The van der Waals surface area contributed by atoms with Crippen molar-refractivity contribution in [3.05, 3.63) is 82.3 Å². The van der Waals surface area contributed by atoms with E-state index >= 15 is 0 Å². The SMILES string of the molecule is Fc1ccc(CNc2nc(NCCc3cccs3)nc3ccccc23)cc1. The number of aromatic nitrogens is 2. The molecule has 27 heavy (non-hydrogen) atoms. The summed E-state index contributed by atoms with van der Waals surface area (Å²) in [7, 11) is 0. The van der Waals surface area contributed by atoms with Gasteiger partial charge in [-0.15, -0.1) is 11.3 Å². The van der Waals surface area contributed by atoms with Crippen LogP contribution in [0.4, 0.5) is 16.2 Å². The van der Waals surface area contributed by atoms with Crippen LogP contribution < -0.4 is 10.6 Å². The maximum atomic E-state index is 13.1. The number of anilines is 2. The highest BCUT2D eigenvalue weighted by molar-refractivity contribution is 7.09. The minimum Gasteiger partial charge on any atom is -0.365 e. The van der Waals surface area contributed by atoms with Crippen molar-refractivity contribution >= 4 is 34.0 Å². The zero-order chi connectivity index (χ0) is 18.5. The normalized spacial score (nSPS) is 10.9. The summed E-state index contributed by atoms with van der Waals surface area (Å²) in [5.41, 5.74) is 1.87. The Morgan fingerprint density at radius 3 is 2.56 bits per heavy atom. The van der Waals surface area contributed by atoms with Crippen molar-refractivity contribution in [2.45, 2.75) is 13.0 Å². The molecule has 2 heterocycles. The number of benzene rings is 2. The first-order chi connectivity index (χ1) is 13.3. The number of nitrogens with zero attached hydrogens (tertiary/aromatic N) is 2. The van der Waals surface area contributed by atoms with Crippen LogP contribution in [0.1, 0.15) is 10.4 Å². The number of fused-ring (bicyclic) bond motifs is 1. The van der Waals surface area contributed by atoms with Crippen LogP contribution in [0.5, 0.6) is 0 Å². The number of thiophene rings is 1. The summed E-state index contributed by atoms with van der Waals surface area (Å²) in [4.78, 5) is 10.6. The monoisotopic (exact) mass is 378 g/mol. The van der Waals surface area contributed by atoms with Crippen LogP contribution in [0.25, 0.3) is 10.9 Å². The van der Waals surface area contributed by atoms with Crippen molar-refractivity contribution in [3.63, 3.8) is 0 Å². The van der Waals surface area contributed by atoms with E-state index in [-0.39, 0.29) is 5.82 Å². The molecule has 0 aliphatic carbocycles. The summed E-state index contributed by atoms with van der Waals surface area (Å²) >= 11 is 1.75. The Bertz CT molecular complexity index is 1020. The van der Waals surface area contributed by atoms with Crippen molar-refractivity contribution in [2.24, 2.45) is 0 Å². The van der Waals surface area contributed by atoms with Gasteiger partial charge in [-0.3, -0.25) is 0 Å². The highest BCUT2D eigenvalue weighted by Crippen LogP contribution is 2.22. The summed E-state index contributed by atoms with van der Waals surface area (Å²) < 4.78 is 13.1. The maximum Gasteiger partial charge on any atom is 0.225 e. The summed E-state index contributed by atoms with van der Waals surface area (Å²) in [5.74, 6) is 1.14. The second-order valence-electron chi connectivity index (χ2n) is 6.15. The van der Waals surface area contributed by atoms with Crippen LogP contribution >= 0.6 is 11.3 Å². The fraction of sp³-hybridized carbons (Fsp3) is 0.143. The van der Waals surface area contributed by atoms with E-state index in [1.54, 1.807) is 23.5 Å². The molecule has 0 radical (unpaired) electrons. The lowest BCUT2D eigenvalue weighted by atomic mass is 10.2. The van der Waals surface area contributed by atoms with Gasteiger partial charge in [-0.05, 0) is 47.7 Å². The Morgan fingerprint density at radius 2 is 1.74 bits per heavy atom. The van der Waals surface area contributed by atoms with Gasteiger partial charge in [0.05, 0.1) is 5.52 Å². The lowest BCUT2D eigenvalue weighted by molar-refractivity contribution is 0.627. The smallest absolute Gasteiger partial charge is 0.225 e. The molecule has 0 spiro atoms. The molecule has 0 aliphatic rings. The first-order valence-electron chi connectivity index (χ1n) is 8.79. The second-order valence-corrected chi connectivity index (χ2v) is 7.18. The van der Waals surface area contributed by atoms with E-state index in [1.165, 1.54) is 17.0 Å². The lowest BCUT2D eigenvalue weighted by Crippen LogP contribution is -2.10. The van der Waals surface area contributed by atoms with Gasteiger partial charge < -0.3 is 10.6 Å². The third kappa shape index (κ3) is 4.41. The zero-order valence-corrected chi connectivity index (χ0v) is 15.5. The van der Waals surface area contributed by atoms with E-state index < -0.39 is 0 Å². The summed E-state index contributed by atoms with van der Waals surface area (Å²) in [6.45, 7) is 1.34. The fourth-order valence-corrected chi connectivity index (χ4v) is 3.54. The van der Waals surface area contributed by atoms with E-state index in [0.29, 0.717) is 12.5 Å². The van der Waals surface area contributed by atoms with Crippen LogP contribution in [0.2, 0.25) is 0 Å². The first-order valence-corrected chi connectivity index (χ1v) is 9.67. The quantitative estimate of drug-likeness (QED) is 0.470. The van der Waals surface area contributed by atoms with E-state index in [1.807, 2.05) is 24.3 Å². The molecule has 0 saturated heterocycles. The molecule has 2 aromatic heterocycles. The summed E-state index contributed by atoms with van der Waals surface area (Å²) in [6, 6.07) is 18.6. The van der Waals surface area contributed by atoms with E-state index in [9.17, 15) is 4.39 Å². The molecule has 0 amide bonds. The number of halogens is 1. The molecule has 6 heteroatoms. The van der Waals surface area contributed by atoms with Crippen LogP contribution in [-0.4, -0.2) is 16.5 Å². The van der Waals surface area contributed by atoms with Gasteiger partial charge in [-0.25, -0.2) is 9.37 Å². The van der Waals surface area contributed by atoms with Gasteiger partial charge in [0.15, 0.2) is 0 Å². The Balaban J connectivity index is 1.51. The van der Waals surface area contributed by atoms with Crippen LogP contribution in [0.15, 0.2) is 66.0 Å². The zero-order valence-electron chi connectivity index (χ0n) is 14.7. The highest BCUT2D eigenvalue weighted by Gasteiger charge is 2.07. The second kappa shape index (κ2) is 8.14. The Hall–Kier alpha value is -2.99. The number of nitrogens with one attached hydrogen (secondary N) is 2. The van der Waals surface area contributed by atoms with Crippen LogP contribution in [-0.2, 0) is 13.0 Å². The predicted octanol–water partition coefficient (Wildman–Crippen LogP) is 5.10. The van der Waals surface area contributed by atoms with Gasteiger partial charge in [-0.2, -0.15) is 4.98 Å². The number of para-hydroxylation sites is 1. The minimum atomic E-state index is -0.233. The molecular weight excluding hydrogens is 359 g/mol. The maximum absolute atomic E-state index is 13.1. The van der Waals surface area contributed by atoms with Gasteiger partial charge in [0.2, 0.25) is 5.95 Å². The number of hydrogen-bond donors (Lipinski definition) is 2. The highest BCUT2D eigenvalue weighted by atomic mass is 32.1. The molecular formula is C21H19FN4S. The third-order valence-corrected chi connectivity index (χ3v) is 5.15. The molecule has 0 atom stereocenters. The van der Waals surface area contributed by atoms with Crippen molar-refractivity contribution in [1.29, 1.82) is 0 Å². The molecule has 2 N–H and O–H groups in total. The topological polar surface area (TPSA) is 49.8 Å².